The molecule has 0 saturated carbocycles. The average molecular weight is 307 g/mol. The number of amides is 1. The van der Waals surface area contributed by atoms with Gasteiger partial charge in [0.1, 0.15) is 9.71 Å². The number of nitrogens with zero attached hydrogens (tertiary/aromatic N) is 2. The van der Waals surface area contributed by atoms with Gasteiger partial charge >= 0.3 is 0 Å². The van der Waals surface area contributed by atoms with E-state index in [1.807, 2.05) is 35.7 Å². The molecule has 106 valence electrons. The summed E-state index contributed by atoms with van der Waals surface area (Å²) in [4.78, 5) is 20.6. The molecule has 0 spiro atoms. The number of aryl methyl sites for hydroxylation is 1. The highest BCUT2D eigenvalue weighted by atomic mass is 32.2. The number of hydrogen-bond acceptors (Lipinski definition) is 5. The predicted octanol–water partition coefficient (Wildman–Crippen LogP) is 2.76. The molecule has 6 heteroatoms. The van der Waals surface area contributed by atoms with Crippen molar-refractivity contribution in [2.24, 2.45) is 0 Å². The Bertz CT molecular complexity index is 668. The lowest BCUT2D eigenvalue weighted by Crippen LogP contribution is -2.44. The van der Waals surface area contributed by atoms with Gasteiger partial charge in [-0.15, -0.1) is 11.3 Å². The third-order valence-electron chi connectivity index (χ3n) is 3.56. The molecule has 2 aromatic rings. The van der Waals surface area contributed by atoms with Crippen LogP contribution in [0.1, 0.15) is 22.3 Å². The molecule has 1 atom stereocenters. The topological polar surface area (TPSA) is 59.2 Å². The maximum Gasteiger partial charge on any atom is 0.266 e. The van der Waals surface area contributed by atoms with Crippen molar-refractivity contribution < 1.29 is 4.79 Å². The summed E-state index contributed by atoms with van der Waals surface area (Å²) in [6.45, 7) is 4.83. The van der Waals surface area contributed by atoms with Crippen molar-refractivity contribution in [2.75, 3.05) is 23.8 Å². The van der Waals surface area contributed by atoms with Gasteiger partial charge in [-0.25, -0.2) is 4.98 Å². The van der Waals surface area contributed by atoms with Crippen LogP contribution in [0.5, 0.6) is 0 Å². The number of carbonyl (C=O) groups excluding carboxylic acids is 1. The number of nitrogens with two attached hydrogens (primary N) is 1. The molecule has 0 radical (unpaired) electrons. The molecule has 1 aliphatic heterocycles. The first kappa shape index (κ1) is 13.7. The lowest BCUT2D eigenvalue weighted by Gasteiger charge is -2.32. The zero-order chi connectivity index (χ0) is 14.3. The monoisotopic (exact) mass is 307 g/mol. The van der Waals surface area contributed by atoms with E-state index in [1.165, 1.54) is 11.3 Å². The number of aromatic nitrogens is 1. The first-order chi connectivity index (χ1) is 9.58. The molecule has 1 fully saturated rings. The first-order valence-corrected chi connectivity index (χ1v) is 8.59. The minimum absolute atomic E-state index is 0.0518. The van der Waals surface area contributed by atoms with Crippen LogP contribution in [0, 0.1) is 6.92 Å². The van der Waals surface area contributed by atoms with Gasteiger partial charge in [-0.3, -0.25) is 4.79 Å². The van der Waals surface area contributed by atoms with Gasteiger partial charge in [0.05, 0.1) is 5.69 Å². The minimum atomic E-state index is 0.0518. The van der Waals surface area contributed by atoms with E-state index in [-0.39, 0.29) is 11.9 Å². The van der Waals surface area contributed by atoms with Crippen LogP contribution < -0.4 is 5.73 Å². The van der Waals surface area contributed by atoms with Gasteiger partial charge in [0.2, 0.25) is 0 Å². The van der Waals surface area contributed by atoms with E-state index in [0.29, 0.717) is 10.6 Å². The maximum atomic E-state index is 12.7. The number of hydrogen-bond donors (Lipinski definition) is 1. The summed E-state index contributed by atoms with van der Waals surface area (Å²) in [7, 11) is 0. The van der Waals surface area contributed by atoms with Crippen LogP contribution in [0.2, 0.25) is 0 Å². The van der Waals surface area contributed by atoms with Crippen LogP contribution in [0.3, 0.4) is 0 Å². The molecule has 0 aromatic carbocycles. The molecular weight excluding hydrogens is 290 g/mol. The van der Waals surface area contributed by atoms with Crippen molar-refractivity contribution >= 4 is 44.9 Å². The smallest absolute Gasteiger partial charge is 0.266 e. The number of fused-ring (bicyclic) bond motifs is 1. The summed E-state index contributed by atoms with van der Waals surface area (Å²) in [5, 5.41) is 0.892. The summed E-state index contributed by atoms with van der Waals surface area (Å²) in [5.74, 6) is 2.04. The summed E-state index contributed by atoms with van der Waals surface area (Å²) in [6.07, 6.45) is 0. The molecule has 0 aliphatic carbocycles. The summed E-state index contributed by atoms with van der Waals surface area (Å²) in [6, 6.07) is 4.15. The second-order valence-electron chi connectivity index (χ2n) is 5.07. The van der Waals surface area contributed by atoms with Crippen molar-refractivity contribution in [1.29, 1.82) is 0 Å². The van der Waals surface area contributed by atoms with Crippen molar-refractivity contribution in [3.05, 3.63) is 22.7 Å². The second-order valence-corrected chi connectivity index (χ2v) is 7.22. The molecule has 4 nitrogen and oxygen atoms in total. The Morgan fingerprint density at radius 1 is 1.50 bits per heavy atom. The lowest BCUT2D eigenvalue weighted by atomic mass is 10.2. The number of rotatable bonds is 1. The van der Waals surface area contributed by atoms with Crippen LogP contribution in [-0.4, -0.2) is 39.9 Å². The number of anilines is 1. The molecule has 1 aliphatic rings. The Morgan fingerprint density at radius 3 is 3.05 bits per heavy atom. The van der Waals surface area contributed by atoms with Gasteiger partial charge in [-0.2, -0.15) is 11.8 Å². The van der Waals surface area contributed by atoms with Gasteiger partial charge in [-0.1, -0.05) is 0 Å². The fraction of sp³-hybridized carbons (Fsp3) is 0.429. The minimum Gasteiger partial charge on any atom is -0.397 e. The predicted molar refractivity (Wildman–Crippen MR) is 86.6 cm³/mol. The molecule has 1 unspecified atom stereocenters. The Labute approximate surface area is 126 Å². The summed E-state index contributed by atoms with van der Waals surface area (Å²) >= 11 is 3.30. The Kier molecular flexibility index (Phi) is 3.60. The standard InChI is InChI=1S/C14H17N3OS2/c1-8-3-4-10-11(15)12(20-13(10)16-8)14(18)17-5-6-19-7-9(17)2/h3-4,9H,5-7,15H2,1-2H3. The van der Waals surface area contributed by atoms with E-state index in [0.717, 1.165) is 34.0 Å². The zero-order valence-electron chi connectivity index (χ0n) is 11.5. The van der Waals surface area contributed by atoms with Crippen molar-refractivity contribution in [2.45, 2.75) is 19.9 Å². The molecular formula is C14H17N3OS2. The number of thiophene rings is 1. The van der Waals surface area contributed by atoms with Crippen molar-refractivity contribution in [1.82, 2.24) is 9.88 Å². The van der Waals surface area contributed by atoms with Gasteiger partial charge in [0, 0.05) is 35.2 Å². The molecule has 1 amide bonds. The molecule has 3 rings (SSSR count). The Hall–Kier alpha value is -1.27. The molecule has 2 aromatic heterocycles. The van der Waals surface area contributed by atoms with Crippen LogP contribution >= 0.6 is 23.1 Å². The first-order valence-electron chi connectivity index (χ1n) is 6.62. The molecule has 20 heavy (non-hydrogen) atoms. The van der Waals surface area contributed by atoms with Gasteiger partial charge in [0.15, 0.2) is 0 Å². The van der Waals surface area contributed by atoms with E-state index in [9.17, 15) is 4.79 Å². The van der Waals surface area contributed by atoms with Gasteiger partial charge < -0.3 is 10.6 Å². The van der Waals surface area contributed by atoms with Crippen LogP contribution in [0.25, 0.3) is 10.2 Å². The highest BCUT2D eigenvalue weighted by Gasteiger charge is 2.28. The third kappa shape index (κ3) is 2.27. The van der Waals surface area contributed by atoms with Gasteiger partial charge in [0.25, 0.3) is 5.91 Å². The van der Waals surface area contributed by atoms with Crippen LogP contribution in [0.4, 0.5) is 5.69 Å². The van der Waals surface area contributed by atoms with E-state index < -0.39 is 0 Å². The normalized spacial score (nSPS) is 19.5. The molecule has 3 heterocycles. The molecule has 0 bridgehead atoms. The van der Waals surface area contributed by atoms with E-state index >= 15 is 0 Å². The summed E-state index contributed by atoms with van der Waals surface area (Å²) in [5.41, 5.74) is 7.68. The summed E-state index contributed by atoms with van der Waals surface area (Å²) < 4.78 is 0. The largest absolute Gasteiger partial charge is 0.397 e. The van der Waals surface area contributed by atoms with Crippen molar-refractivity contribution in [3.63, 3.8) is 0 Å². The quantitative estimate of drug-likeness (QED) is 0.880. The highest BCUT2D eigenvalue weighted by molar-refractivity contribution is 7.99. The number of carbonyl (C=O) groups is 1. The van der Waals surface area contributed by atoms with Gasteiger partial charge in [-0.05, 0) is 26.0 Å². The highest BCUT2D eigenvalue weighted by Crippen LogP contribution is 2.34. The van der Waals surface area contributed by atoms with Crippen LogP contribution in [0.15, 0.2) is 12.1 Å². The number of pyridine rings is 1. The Morgan fingerprint density at radius 2 is 2.30 bits per heavy atom. The van der Waals surface area contributed by atoms with E-state index in [1.54, 1.807) is 0 Å². The number of thioether (sulfide) groups is 1. The second kappa shape index (κ2) is 5.26. The third-order valence-corrected chi connectivity index (χ3v) is 5.85. The lowest BCUT2D eigenvalue weighted by molar-refractivity contribution is 0.0722. The van der Waals surface area contributed by atoms with E-state index in [4.69, 9.17) is 5.73 Å². The Balaban J connectivity index is 2.01. The molecule has 1 saturated heterocycles. The van der Waals surface area contributed by atoms with Crippen LogP contribution in [-0.2, 0) is 0 Å². The van der Waals surface area contributed by atoms with E-state index in [2.05, 4.69) is 11.9 Å². The average Bonchev–Trinajstić information content (AvgIpc) is 2.75. The maximum absolute atomic E-state index is 12.7. The fourth-order valence-electron chi connectivity index (χ4n) is 2.41. The zero-order valence-corrected chi connectivity index (χ0v) is 13.2. The SMILES string of the molecule is Cc1ccc2c(N)c(C(=O)N3CCSCC3C)sc2n1. The fourth-order valence-corrected chi connectivity index (χ4v) is 4.52. The van der Waals surface area contributed by atoms with Crippen molar-refractivity contribution in [3.8, 4) is 0 Å². The molecule has 2 N–H and O–H groups in total. The number of nitrogen functional groups attached to an aromatic ring is 1.